The topological polar surface area (TPSA) is 81.5 Å². The summed E-state index contributed by atoms with van der Waals surface area (Å²) in [5.41, 5.74) is 3.45. The van der Waals surface area contributed by atoms with Crippen LogP contribution in [0.4, 0.5) is 5.69 Å². The quantitative estimate of drug-likeness (QED) is 0.637. The van der Waals surface area contributed by atoms with E-state index in [4.69, 9.17) is 0 Å². The van der Waals surface area contributed by atoms with E-state index in [-0.39, 0.29) is 11.6 Å². The summed E-state index contributed by atoms with van der Waals surface area (Å²) >= 11 is 0. The zero-order valence-corrected chi connectivity index (χ0v) is 12.7. The summed E-state index contributed by atoms with van der Waals surface area (Å²) in [5, 5.41) is 24.8. The number of nitrogens with one attached hydrogen (secondary N) is 1. The molecule has 0 saturated carbocycles. The van der Waals surface area contributed by atoms with Gasteiger partial charge in [-0.1, -0.05) is 12.1 Å². The molecule has 0 radical (unpaired) electrons. The first-order valence-corrected chi connectivity index (χ1v) is 7.64. The summed E-state index contributed by atoms with van der Waals surface area (Å²) in [6.07, 6.45) is 9.11. The molecule has 2 aliphatic heterocycles. The van der Waals surface area contributed by atoms with Crippen LogP contribution in [-0.2, 0) is 0 Å². The predicted octanol–water partition coefficient (Wildman–Crippen LogP) is 2.67. The van der Waals surface area contributed by atoms with Gasteiger partial charge in [0, 0.05) is 18.7 Å². The van der Waals surface area contributed by atoms with E-state index in [0.29, 0.717) is 12.1 Å². The number of amides is 1. The molecule has 0 unspecified atom stereocenters. The SMILES string of the molecule is O=C1c2ccccc2NC2=C(C=C3C=CC(=[N+]([O-])[O-])C=C3)CCN12. The number of nitrogens with zero attached hydrogens (tertiary/aromatic N) is 2. The first kappa shape index (κ1) is 14.3. The van der Waals surface area contributed by atoms with Crippen LogP contribution in [0.15, 0.2) is 71.6 Å². The summed E-state index contributed by atoms with van der Waals surface area (Å²) in [4.78, 5) is 13.9. The van der Waals surface area contributed by atoms with E-state index in [9.17, 15) is 15.2 Å². The van der Waals surface area contributed by atoms with Crippen molar-refractivity contribution in [1.82, 2.24) is 4.90 Å². The van der Waals surface area contributed by atoms with E-state index in [1.807, 2.05) is 30.3 Å². The van der Waals surface area contributed by atoms with Crippen molar-refractivity contribution in [2.24, 2.45) is 0 Å². The highest BCUT2D eigenvalue weighted by Crippen LogP contribution is 2.34. The van der Waals surface area contributed by atoms with Gasteiger partial charge in [-0.25, -0.2) is 0 Å². The Bertz CT molecular complexity index is 869. The molecule has 4 rings (SSSR count). The van der Waals surface area contributed by atoms with Crippen molar-refractivity contribution in [1.29, 1.82) is 0 Å². The fraction of sp³-hybridized carbons (Fsp3) is 0.111. The van der Waals surface area contributed by atoms with Crippen LogP contribution in [0.25, 0.3) is 0 Å². The van der Waals surface area contributed by atoms with E-state index < -0.39 is 4.90 Å². The van der Waals surface area contributed by atoms with E-state index in [1.54, 1.807) is 17.1 Å². The molecular formula is C18H14N3O3-. The van der Waals surface area contributed by atoms with Crippen molar-refractivity contribution in [3.63, 3.8) is 0 Å². The Kier molecular flexibility index (Phi) is 3.23. The maximum Gasteiger partial charge on any atom is 0.261 e. The van der Waals surface area contributed by atoms with Gasteiger partial charge in [-0.2, -0.15) is 4.90 Å². The molecule has 0 bridgehead atoms. The fourth-order valence-electron chi connectivity index (χ4n) is 3.07. The molecule has 1 aromatic carbocycles. The Balaban J connectivity index is 1.69. The van der Waals surface area contributed by atoms with Gasteiger partial charge in [-0.05, 0) is 47.9 Å². The van der Waals surface area contributed by atoms with E-state index in [1.165, 1.54) is 12.2 Å². The third-order valence-electron chi connectivity index (χ3n) is 4.28. The van der Waals surface area contributed by atoms with Gasteiger partial charge in [0.1, 0.15) is 5.82 Å². The maximum absolute atomic E-state index is 12.6. The predicted molar refractivity (Wildman–Crippen MR) is 91.1 cm³/mol. The van der Waals surface area contributed by atoms with E-state index in [0.717, 1.165) is 29.1 Å². The second-order valence-electron chi connectivity index (χ2n) is 5.74. The number of allylic oxidation sites excluding steroid dienone is 6. The number of rotatable bonds is 1. The van der Waals surface area contributed by atoms with E-state index >= 15 is 0 Å². The number of carbonyl (C=O) groups excluding carboxylic acids is 1. The Labute approximate surface area is 138 Å². The van der Waals surface area contributed by atoms with Gasteiger partial charge in [-0.15, -0.1) is 0 Å². The minimum absolute atomic E-state index is 0.00597. The van der Waals surface area contributed by atoms with Gasteiger partial charge < -0.3 is 15.7 Å². The van der Waals surface area contributed by atoms with Crippen molar-refractivity contribution in [2.75, 3.05) is 11.9 Å². The van der Waals surface area contributed by atoms with Gasteiger partial charge in [0.05, 0.1) is 11.3 Å². The smallest absolute Gasteiger partial charge is 0.261 e. The molecule has 1 N–H and O–H groups in total. The van der Waals surface area contributed by atoms with Crippen molar-refractivity contribution in [2.45, 2.75) is 6.42 Å². The molecule has 0 fully saturated rings. The second kappa shape index (κ2) is 5.42. The van der Waals surface area contributed by atoms with Crippen molar-refractivity contribution >= 4 is 17.3 Å². The van der Waals surface area contributed by atoms with Crippen LogP contribution in [0, 0.1) is 10.4 Å². The van der Waals surface area contributed by atoms with Gasteiger partial charge >= 0.3 is 0 Å². The number of hydrogen-bond acceptors (Lipinski definition) is 4. The lowest BCUT2D eigenvalue weighted by Crippen LogP contribution is -2.35. The number of para-hydroxylation sites is 1. The van der Waals surface area contributed by atoms with Crippen LogP contribution < -0.4 is 5.32 Å². The second-order valence-corrected chi connectivity index (χ2v) is 5.74. The lowest BCUT2D eigenvalue weighted by molar-refractivity contribution is -0.377. The van der Waals surface area contributed by atoms with Crippen LogP contribution in [0.3, 0.4) is 0 Å². The standard InChI is InChI=1S/C18H14N3O3/c22-18-15-3-1-2-4-16(15)19-17-13(9-10-20(17)18)11-12-5-7-14(8-6-12)21(23)24/h1-8,11H,9-10H2,(H-,19,22,23,24)/q-1. The molecule has 24 heavy (non-hydrogen) atoms. The van der Waals surface area contributed by atoms with Crippen LogP contribution in [0.5, 0.6) is 0 Å². The number of carbonyl (C=O) groups is 1. The molecule has 120 valence electrons. The van der Waals surface area contributed by atoms with Crippen molar-refractivity contribution in [3.8, 4) is 0 Å². The summed E-state index contributed by atoms with van der Waals surface area (Å²) in [5.74, 6) is 0.809. The molecule has 3 aliphatic rings. The Morgan fingerprint density at radius 3 is 2.62 bits per heavy atom. The number of fused-ring (bicyclic) bond motifs is 2. The Morgan fingerprint density at radius 1 is 1.12 bits per heavy atom. The molecule has 0 saturated heterocycles. The third-order valence-corrected chi connectivity index (χ3v) is 4.28. The fourth-order valence-corrected chi connectivity index (χ4v) is 3.07. The first-order valence-electron chi connectivity index (χ1n) is 7.64. The molecule has 1 aliphatic carbocycles. The van der Waals surface area contributed by atoms with Crippen LogP contribution in [-0.4, -0.2) is 28.0 Å². The lowest BCUT2D eigenvalue weighted by Gasteiger charge is -2.28. The summed E-state index contributed by atoms with van der Waals surface area (Å²) in [7, 11) is 0. The molecule has 0 aromatic heterocycles. The molecule has 1 amide bonds. The molecule has 0 spiro atoms. The van der Waals surface area contributed by atoms with Crippen molar-refractivity contribution in [3.05, 3.63) is 87.6 Å². The monoisotopic (exact) mass is 320 g/mol. The third kappa shape index (κ3) is 2.28. The van der Waals surface area contributed by atoms with Crippen molar-refractivity contribution < 1.29 is 9.70 Å². The molecule has 6 nitrogen and oxygen atoms in total. The normalized spacial score (nSPS) is 18.5. The average molecular weight is 320 g/mol. The zero-order chi connectivity index (χ0) is 16.7. The maximum atomic E-state index is 12.6. The van der Waals surface area contributed by atoms with Crippen LogP contribution >= 0.6 is 0 Å². The van der Waals surface area contributed by atoms with Gasteiger partial charge in [0.2, 0.25) is 5.71 Å². The number of benzene rings is 1. The van der Waals surface area contributed by atoms with Crippen LogP contribution in [0.2, 0.25) is 0 Å². The minimum atomic E-state index is -0.415. The van der Waals surface area contributed by atoms with Gasteiger partial charge in [-0.3, -0.25) is 9.69 Å². The van der Waals surface area contributed by atoms with E-state index in [2.05, 4.69) is 5.32 Å². The number of hydrogen-bond donors (Lipinski definition) is 1. The number of anilines is 1. The highest BCUT2D eigenvalue weighted by molar-refractivity contribution is 6.04. The summed E-state index contributed by atoms with van der Waals surface area (Å²) < 4.78 is 0. The lowest BCUT2D eigenvalue weighted by atomic mass is 10.0. The molecule has 1 aromatic rings. The zero-order valence-electron chi connectivity index (χ0n) is 12.7. The highest BCUT2D eigenvalue weighted by Gasteiger charge is 2.33. The van der Waals surface area contributed by atoms with Gasteiger partial charge in [0.15, 0.2) is 0 Å². The Hall–Kier alpha value is -3.28. The largest absolute Gasteiger partial charge is 0.612 e. The molecule has 0 atom stereocenters. The molecular weight excluding hydrogens is 306 g/mol. The van der Waals surface area contributed by atoms with Gasteiger partial charge in [0.25, 0.3) is 5.91 Å². The summed E-state index contributed by atoms with van der Waals surface area (Å²) in [6.45, 7) is 0.633. The molecule has 2 heterocycles. The van der Waals surface area contributed by atoms with Crippen LogP contribution in [0.1, 0.15) is 16.8 Å². The summed E-state index contributed by atoms with van der Waals surface area (Å²) in [6, 6.07) is 7.45. The molecule has 6 heteroatoms. The first-order chi connectivity index (χ1) is 11.6. The minimum Gasteiger partial charge on any atom is -0.612 e. The average Bonchev–Trinajstić information content (AvgIpc) is 2.99. The highest BCUT2D eigenvalue weighted by atomic mass is 16.8. The Morgan fingerprint density at radius 2 is 1.88 bits per heavy atom.